The second-order valence-corrected chi connectivity index (χ2v) is 9.40. The highest BCUT2D eigenvalue weighted by Crippen LogP contribution is 2.42. The summed E-state index contributed by atoms with van der Waals surface area (Å²) in [4.78, 5) is -1.17. The monoisotopic (exact) mass is 530 g/mol. The number of rotatable bonds is 5. The molecule has 2 rings (SSSR count). The average molecular weight is 532 g/mol. The molecule has 0 bridgehead atoms. The van der Waals surface area contributed by atoms with Crippen LogP contribution in [0.4, 0.5) is 0 Å². The molecule has 142 valence electrons. The van der Waals surface area contributed by atoms with Crippen LogP contribution in [0.2, 0.25) is 0 Å². The topological polar surface area (TPSA) is 127 Å². The van der Waals surface area contributed by atoms with E-state index in [4.69, 9.17) is 9.47 Å². The van der Waals surface area contributed by atoms with Crippen LogP contribution in [0.5, 0.6) is 11.5 Å². The number of hydrogen-bond donors (Lipinski definition) is 2. The van der Waals surface area contributed by atoms with Crippen LogP contribution in [0.15, 0.2) is 43.0 Å². The zero-order valence-corrected chi connectivity index (χ0v) is 18.0. The van der Waals surface area contributed by atoms with Crippen LogP contribution >= 0.6 is 31.9 Å². The summed E-state index contributed by atoms with van der Waals surface area (Å²) < 4.78 is 77.0. The SMILES string of the molecule is COc1cc(-c2cc(OC)c(Br)cc2S(=O)(=O)O)c(S(=O)(=O)O)cc1Br. The zero-order chi connectivity index (χ0) is 19.9. The molecule has 0 amide bonds. The molecule has 8 nitrogen and oxygen atoms in total. The molecule has 0 atom stereocenters. The molecular formula is C14H12Br2O8S2. The maximum absolute atomic E-state index is 11.8. The Morgan fingerprint density at radius 2 is 1.04 bits per heavy atom. The van der Waals surface area contributed by atoms with Crippen molar-refractivity contribution in [3.05, 3.63) is 33.2 Å². The number of ether oxygens (including phenoxy) is 2. The second-order valence-electron chi connectivity index (χ2n) is 4.92. The molecule has 0 fully saturated rings. The van der Waals surface area contributed by atoms with E-state index in [1.54, 1.807) is 0 Å². The van der Waals surface area contributed by atoms with Gasteiger partial charge in [-0.3, -0.25) is 9.11 Å². The Hall–Kier alpha value is -1.18. The van der Waals surface area contributed by atoms with E-state index in [0.29, 0.717) is 0 Å². The number of benzene rings is 2. The first-order valence-corrected chi connectivity index (χ1v) is 11.1. The summed E-state index contributed by atoms with van der Waals surface area (Å²) in [6, 6.07) is 4.55. The summed E-state index contributed by atoms with van der Waals surface area (Å²) >= 11 is 6.21. The Morgan fingerprint density at radius 3 is 1.27 bits per heavy atom. The molecule has 12 heteroatoms. The molecule has 0 saturated heterocycles. The third-order valence-corrected chi connectivity index (χ3v) is 6.38. The van der Waals surface area contributed by atoms with Crippen LogP contribution in [0.3, 0.4) is 0 Å². The number of methoxy groups -OCH3 is 2. The first kappa shape index (κ1) is 21.1. The quantitative estimate of drug-likeness (QED) is 0.562. The highest BCUT2D eigenvalue weighted by atomic mass is 79.9. The van der Waals surface area contributed by atoms with Gasteiger partial charge in [-0.25, -0.2) is 0 Å². The number of halogens is 2. The molecule has 0 aliphatic rings. The van der Waals surface area contributed by atoms with Crippen molar-refractivity contribution < 1.29 is 35.4 Å². The van der Waals surface area contributed by atoms with E-state index in [0.717, 1.165) is 12.1 Å². The number of hydrogen-bond acceptors (Lipinski definition) is 6. The van der Waals surface area contributed by atoms with E-state index >= 15 is 0 Å². The summed E-state index contributed by atoms with van der Waals surface area (Å²) in [5, 5.41) is 0. The average Bonchev–Trinajstić information content (AvgIpc) is 2.52. The Kier molecular flexibility index (Phi) is 6.05. The van der Waals surface area contributed by atoms with Gasteiger partial charge in [0.2, 0.25) is 0 Å². The van der Waals surface area contributed by atoms with Crippen molar-refractivity contribution in [3.8, 4) is 22.6 Å². The van der Waals surface area contributed by atoms with Gasteiger partial charge in [0, 0.05) is 11.1 Å². The molecule has 2 N–H and O–H groups in total. The summed E-state index contributed by atoms with van der Waals surface area (Å²) in [7, 11) is -6.83. The van der Waals surface area contributed by atoms with Crippen molar-refractivity contribution in [2.45, 2.75) is 9.79 Å². The standard InChI is InChI=1S/C14H12Br2O8S2/c1-23-11-3-7(13(5-9(11)15)25(17,18)19)8-4-12(24-2)10(16)6-14(8)26(20,21)22/h3-6H,1-2H3,(H,17,18,19)(H,20,21,22). The van der Waals surface area contributed by atoms with E-state index in [-0.39, 0.29) is 31.6 Å². The van der Waals surface area contributed by atoms with Crippen molar-refractivity contribution in [1.29, 1.82) is 0 Å². The van der Waals surface area contributed by atoms with Crippen LogP contribution in [-0.4, -0.2) is 40.2 Å². The summed E-state index contributed by atoms with van der Waals surface area (Å²) in [5.74, 6) is 0.353. The van der Waals surface area contributed by atoms with Crippen LogP contribution in [-0.2, 0) is 20.2 Å². The molecule has 0 aliphatic heterocycles. The Bertz CT molecular complexity index is 991. The lowest BCUT2D eigenvalue weighted by molar-refractivity contribution is 0.410. The van der Waals surface area contributed by atoms with Crippen molar-refractivity contribution in [2.75, 3.05) is 14.2 Å². The Morgan fingerprint density at radius 1 is 0.731 bits per heavy atom. The normalized spacial score (nSPS) is 12.1. The molecule has 2 aromatic rings. The van der Waals surface area contributed by atoms with Gasteiger partial charge in [0.05, 0.1) is 23.2 Å². The first-order chi connectivity index (χ1) is 11.9. The lowest BCUT2D eigenvalue weighted by Gasteiger charge is -2.16. The predicted octanol–water partition coefficient (Wildman–Crippen LogP) is 3.39. The van der Waals surface area contributed by atoms with Gasteiger partial charge in [-0.05, 0) is 56.1 Å². The molecule has 0 aliphatic carbocycles. The fourth-order valence-corrected chi connectivity index (χ4v) is 4.97. The highest BCUT2D eigenvalue weighted by Gasteiger charge is 2.26. The lowest BCUT2D eigenvalue weighted by Crippen LogP contribution is -2.06. The molecule has 0 spiro atoms. The lowest BCUT2D eigenvalue weighted by atomic mass is 10.0. The largest absolute Gasteiger partial charge is 0.496 e. The fourth-order valence-electron chi connectivity index (χ4n) is 2.23. The summed E-state index contributed by atoms with van der Waals surface area (Å²) in [6.07, 6.45) is 0. The van der Waals surface area contributed by atoms with Gasteiger partial charge in [0.1, 0.15) is 21.3 Å². The van der Waals surface area contributed by atoms with Crippen molar-refractivity contribution in [3.63, 3.8) is 0 Å². The van der Waals surface area contributed by atoms with E-state index < -0.39 is 30.0 Å². The minimum atomic E-state index is -4.74. The maximum atomic E-state index is 11.8. The third kappa shape index (κ3) is 4.21. The molecule has 26 heavy (non-hydrogen) atoms. The minimum absolute atomic E-state index is 0.176. The summed E-state index contributed by atoms with van der Waals surface area (Å²) in [6.45, 7) is 0. The van der Waals surface area contributed by atoms with Crippen molar-refractivity contribution >= 4 is 52.1 Å². The van der Waals surface area contributed by atoms with Crippen molar-refractivity contribution in [2.24, 2.45) is 0 Å². The van der Waals surface area contributed by atoms with Crippen LogP contribution in [0, 0.1) is 0 Å². The third-order valence-electron chi connectivity index (χ3n) is 3.35. The molecule has 0 unspecified atom stereocenters. The smallest absolute Gasteiger partial charge is 0.295 e. The Labute approximate surface area is 166 Å². The van der Waals surface area contributed by atoms with Gasteiger partial charge in [0.25, 0.3) is 20.2 Å². The van der Waals surface area contributed by atoms with Crippen molar-refractivity contribution in [1.82, 2.24) is 0 Å². The fraction of sp³-hybridized carbons (Fsp3) is 0.143. The Balaban J connectivity index is 3.04. The minimum Gasteiger partial charge on any atom is -0.496 e. The van der Waals surface area contributed by atoms with E-state index in [9.17, 15) is 25.9 Å². The van der Waals surface area contributed by atoms with Gasteiger partial charge in [-0.15, -0.1) is 0 Å². The van der Waals surface area contributed by atoms with Gasteiger partial charge >= 0.3 is 0 Å². The van der Waals surface area contributed by atoms with Gasteiger partial charge in [0.15, 0.2) is 0 Å². The van der Waals surface area contributed by atoms with E-state index in [2.05, 4.69) is 31.9 Å². The molecule has 0 aromatic heterocycles. The van der Waals surface area contributed by atoms with Gasteiger partial charge < -0.3 is 9.47 Å². The van der Waals surface area contributed by atoms with Gasteiger partial charge in [-0.1, -0.05) is 0 Å². The molecular weight excluding hydrogens is 520 g/mol. The zero-order valence-electron chi connectivity index (χ0n) is 13.2. The van der Waals surface area contributed by atoms with Crippen LogP contribution < -0.4 is 9.47 Å². The van der Waals surface area contributed by atoms with Crippen LogP contribution in [0.1, 0.15) is 0 Å². The van der Waals surface area contributed by atoms with Crippen LogP contribution in [0.25, 0.3) is 11.1 Å². The predicted molar refractivity (Wildman–Crippen MR) is 100 cm³/mol. The highest BCUT2D eigenvalue weighted by molar-refractivity contribution is 9.10. The molecule has 0 saturated carbocycles. The van der Waals surface area contributed by atoms with E-state index in [1.807, 2.05) is 0 Å². The maximum Gasteiger partial charge on any atom is 0.295 e. The summed E-state index contributed by atoms with van der Waals surface area (Å²) in [5.41, 5.74) is -0.406. The molecule has 0 heterocycles. The molecule has 2 aromatic carbocycles. The second kappa shape index (κ2) is 7.44. The molecule has 0 radical (unpaired) electrons. The van der Waals surface area contributed by atoms with Gasteiger partial charge in [-0.2, -0.15) is 16.8 Å². The van der Waals surface area contributed by atoms with E-state index in [1.165, 1.54) is 26.4 Å². The first-order valence-electron chi connectivity index (χ1n) is 6.60.